The zero-order valence-corrected chi connectivity index (χ0v) is 12.1. The average molecular weight is 259 g/mol. The summed E-state index contributed by atoms with van der Waals surface area (Å²) in [6, 6.07) is 0. The summed E-state index contributed by atoms with van der Waals surface area (Å²) in [5, 5.41) is 12.7. The predicted octanol–water partition coefficient (Wildman–Crippen LogP) is 1.57. The van der Waals surface area contributed by atoms with Crippen LogP contribution in [0.3, 0.4) is 0 Å². The van der Waals surface area contributed by atoms with Crippen molar-refractivity contribution in [3.8, 4) is 0 Å². The minimum absolute atomic E-state index is 0.137. The van der Waals surface area contributed by atoms with Crippen LogP contribution < -0.4 is 5.32 Å². The maximum Gasteiger partial charge on any atom is 0.0704 e. The summed E-state index contributed by atoms with van der Waals surface area (Å²) >= 11 is 0. The van der Waals surface area contributed by atoms with Gasteiger partial charge in [-0.3, -0.25) is 0 Å². The van der Waals surface area contributed by atoms with Crippen molar-refractivity contribution in [3.05, 3.63) is 0 Å². The molecule has 1 saturated carbocycles. The second kappa shape index (κ2) is 8.10. The summed E-state index contributed by atoms with van der Waals surface area (Å²) in [5.74, 6) is 0.575. The van der Waals surface area contributed by atoms with E-state index in [1.165, 1.54) is 0 Å². The zero-order chi connectivity index (χ0) is 13.4. The van der Waals surface area contributed by atoms with Crippen molar-refractivity contribution < 1.29 is 14.6 Å². The van der Waals surface area contributed by atoms with Crippen LogP contribution in [0.25, 0.3) is 0 Å². The molecule has 0 aromatic carbocycles. The summed E-state index contributed by atoms with van der Waals surface area (Å²) in [6.45, 7) is 6.59. The molecule has 0 saturated heterocycles. The molecule has 0 aliphatic heterocycles. The quantitative estimate of drug-likeness (QED) is 0.650. The van der Waals surface area contributed by atoms with E-state index < -0.39 is 0 Å². The van der Waals surface area contributed by atoms with Crippen LogP contribution >= 0.6 is 0 Å². The monoisotopic (exact) mass is 259 g/mol. The van der Waals surface area contributed by atoms with Gasteiger partial charge in [0.1, 0.15) is 0 Å². The Balaban J connectivity index is 2.18. The van der Waals surface area contributed by atoms with Crippen molar-refractivity contribution in [3.63, 3.8) is 0 Å². The van der Waals surface area contributed by atoms with E-state index in [1.807, 2.05) is 7.05 Å². The van der Waals surface area contributed by atoms with Crippen molar-refractivity contribution >= 4 is 0 Å². The zero-order valence-electron chi connectivity index (χ0n) is 12.1. The number of likely N-dealkylation sites (N-methyl/N-ethyl adjacent to an activating group) is 1. The molecule has 1 aliphatic carbocycles. The third-order valence-corrected chi connectivity index (χ3v) is 3.67. The van der Waals surface area contributed by atoms with Gasteiger partial charge in [0.05, 0.1) is 25.9 Å². The Bertz CT molecular complexity index is 217. The van der Waals surface area contributed by atoms with Crippen LogP contribution in [0.4, 0.5) is 0 Å². The van der Waals surface area contributed by atoms with Gasteiger partial charge in [-0.25, -0.2) is 0 Å². The van der Waals surface area contributed by atoms with E-state index in [2.05, 4.69) is 19.2 Å². The number of rotatable bonds is 8. The van der Waals surface area contributed by atoms with E-state index in [4.69, 9.17) is 9.47 Å². The van der Waals surface area contributed by atoms with Crippen molar-refractivity contribution in [2.24, 2.45) is 5.92 Å². The minimum atomic E-state index is -0.137. The van der Waals surface area contributed by atoms with Crippen molar-refractivity contribution in [1.29, 1.82) is 0 Å². The van der Waals surface area contributed by atoms with Crippen LogP contribution in [0, 0.1) is 5.92 Å². The molecule has 1 fully saturated rings. The molecule has 1 rings (SSSR count). The van der Waals surface area contributed by atoms with Gasteiger partial charge in [-0.05, 0) is 38.6 Å². The van der Waals surface area contributed by atoms with Crippen molar-refractivity contribution in [2.75, 3.05) is 33.5 Å². The molecule has 0 heterocycles. The standard InChI is InChI=1S/C14H29NO3/c1-12(2)10-17-7-8-18-13-5-4-6-14(9-13,11-16)15-3/h12-13,15-16H,4-11H2,1-3H3. The molecule has 2 atom stereocenters. The maximum atomic E-state index is 9.49. The van der Waals surface area contributed by atoms with E-state index >= 15 is 0 Å². The topological polar surface area (TPSA) is 50.7 Å². The summed E-state index contributed by atoms with van der Waals surface area (Å²) < 4.78 is 11.3. The molecule has 0 spiro atoms. The summed E-state index contributed by atoms with van der Waals surface area (Å²) in [5.41, 5.74) is -0.137. The third kappa shape index (κ3) is 5.22. The van der Waals surface area contributed by atoms with E-state index in [-0.39, 0.29) is 18.2 Å². The number of ether oxygens (including phenoxy) is 2. The SMILES string of the molecule is CNC1(CO)CCCC(OCCOCC(C)C)C1. The van der Waals surface area contributed by atoms with E-state index in [9.17, 15) is 5.11 Å². The number of nitrogens with one attached hydrogen (secondary N) is 1. The van der Waals surface area contributed by atoms with Crippen LogP contribution in [-0.2, 0) is 9.47 Å². The molecule has 0 amide bonds. The fraction of sp³-hybridized carbons (Fsp3) is 1.00. The average Bonchev–Trinajstić information content (AvgIpc) is 2.38. The molecule has 4 heteroatoms. The van der Waals surface area contributed by atoms with Gasteiger partial charge in [-0.2, -0.15) is 0 Å². The van der Waals surface area contributed by atoms with Crippen molar-refractivity contribution in [2.45, 2.75) is 51.2 Å². The molecule has 0 bridgehead atoms. The molecular formula is C14H29NO3. The maximum absolute atomic E-state index is 9.49. The first-order chi connectivity index (χ1) is 8.62. The lowest BCUT2D eigenvalue weighted by Crippen LogP contribution is -2.51. The Kier molecular flexibility index (Phi) is 7.15. The Morgan fingerprint density at radius 2 is 2.17 bits per heavy atom. The first kappa shape index (κ1) is 15.9. The molecule has 4 nitrogen and oxygen atoms in total. The summed E-state index contributed by atoms with van der Waals surface area (Å²) in [6.07, 6.45) is 4.38. The molecule has 2 N–H and O–H groups in total. The van der Waals surface area contributed by atoms with Gasteiger partial charge < -0.3 is 19.9 Å². The van der Waals surface area contributed by atoms with Crippen LogP contribution in [0.1, 0.15) is 39.5 Å². The fourth-order valence-electron chi connectivity index (χ4n) is 2.49. The number of hydrogen-bond donors (Lipinski definition) is 2. The molecule has 0 radical (unpaired) electrons. The van der Waals surface area contributed by atoms with E-state index in [1.54, 1.807) is 0 Å². The smallest absolute Gasteiger partial charge is 0.0704 e. The Morgan fingerprint density at radius 1 is 1.39 bits per heavy atom. The highest BCUT2D eigenvalue weighted by molar-refractivity contribution is 4.92. The summed E-state index contributed by atoms with van der Waals surface area (Å²) in [7, 11) is 1.92. The van der Waals surface area contributed by atoms with Crippen LogP contribution in [0.5, 0.6) is 0 Å². The molecule has 0 aromatic heterocycles. The molecule has 1 aliphatic rings. The second-order valence-electron chi connectivity index (χ2n) is 5.75. The lowest BCUT2D eigenvalue weighted by molar-refractivity contribution is -0.0388. The van der Waals surface area contributed by atoms with Crippen LogP contribution in [0.15, 0.2) is 0 Å². The molecule has 2 unspecified atom stereocenters. The first-order valence-electron chi connectivity index (χ1n) is 7.11. The third-order valence-electron chi connectivity index (χ3n) is 3.67. The van der Waals surface area contributed by atoms with Crippen molar-refractivity contribution in [1.82, 2.24) is 5.32 Å². The lowest BCUT2D eigenvalue weighted by atomic mass is 9.81. The molecule has 0 aromatic rings. The largest absolute Gasteiger partial charge is 0.394 e. The highest BCUT2D eigenvalue weighted by Crippen LogP contribution is 2.29. The number of hydrogen-bond acceptors (Lipinski definition) is 4. The van der Waals surface area contributed by atoms with Crippen LogP contribution in [0.2, 0.25) is 0 Å². The molecule has 18 heavy (non-hydrogen) atoms. The minimum Gasteiger partial charge on any atom is -0.394 e. The number of aliphatic hydroxyl groups is 1. The highest BCUT2D eigenvalue weighted by Gasteiger charge is 2.34. The first-order valence-corrected chi connectivity index (χ1v) is 7.11. The van der Waals surface area contributed by atoms with Crippen LogP contribution in [-0.4, -0.2) is 50.2 Å². The Labute approximate surface area is 111 Å². The normalized spacial score (nSPS) is 28.8. The second-order valence-corrected chi connectivity index (χ2v) is 5.75. The van der Waals surface area contributed by atoms with Gasteiger partial charge in [0, 0.05) is 12.1 Å². The lowest BCUT2D eigenvalue weighted by Gasteiger charge is -2.39. The van der Waals surface area contributed by atoms with Gasteiger partial charge in [0.2, 0.25) is 0 Å². The molecular weight excluding hydrogens is 230 g/mol. The Hall–Kier alpha value is -0.160. The highest BCUT2D eigenvalue weighted by atomic mass is 16.5. The predicted molar refractivity (Wildman–Crippen MR) is 72.7 cm³/mol. The van der Waals surface area contributed by atoms with E-state index in [0.717, 1.165) is 32.3 Å². The van der Waals surface area contributed by atoms with Gasteiger partial charge in [-0.15, -0.1) is 0 Å². The van der Waals surface area contributed by atoms with Gasteiger partial charge in [-0.1, -0.05) is 13.8 Å². The van der Waals surface area contributed by atoms with E-state index in [0.29, 0.717) is 19.1 Å². The summed E-state index contributed by atoms with van der Waals surface area (Å²) in [4.78, 5) is 0. The van der Waals surface area contributed by atoms with Gasteiger partial charge >= 0.3 is 0 Å². The fourth-order valence-corrected chi connectivity index (χ4v) is 2.49. The molecule has 108 valence electrons. The number of aliphatic hydroxyl groups excluding tert-OH is 1. The van der Waals surface area contributed by atoms with Gasteiger partial charge in [0.15, 0.2) is 0 Å². The Morgan fingerprint density at radius 3 is 2.78 bits per heavy atom. The van der Waals surface area contributed by atoms with Gasteiger partial charge in [0.25, 0.3) is 0 Å².